The number of ketones is 1. The van der Waals surface area contributed by atoms with Crippen LogP contribution in [0.3, 0.4) is 0 Å². The van der Waals surface area contributed by atoms with E-state index in [4.69, 9.17) is 0 Å². The second-order valence-electron chi connectivity index (χ2n) is 3.25. The van der Waals surface area contributed by atoms with Crippen molar-refractivity contribution >= 4 is 5.78 Å². The molecule has 0 aromatic heterocycles. The molecule has 2 heteroatoms. The minimum Gasteiger partial charge on any atom is -0.507 e. The number of aromatic hydroxyl groups is 1. The Balaban J connectivity index is 3.28. The van der Waals surface area contributed by atoms with Crippen molar-refractivity contribution < 1.29 is 9.90 Å². The molecule has 0 heterocycles. The summed E-state index contributed by atoms with van der Waals surface area (Å²) in [6, 6.07) is 3.59. The average Bonchev–Trinajstić information content (AvgIpc) is 2.10. The van der Waals surface area contributed by atoms with Gasteiger partial charge in [-0.1, -0.05) is 13.0 Å². The fourth-order valence-electron chi connectivity index (χ4n) is 1.36. The first-order chi connectivity index (χ1) is 6.06. The summed E-state index contributed by atoms with van der Waals surface area (Å²) in [7, 11) is 0. The first-order valence-electron chi connectivity index (χ1n) is 4.39. The van der Waals surface area contributed by atoms with Crippen LogP contribution in [0.15, 0.2) is 12.1 Å². The molecule has 0 aliphatic heterocycles. The smallest absolute Gasteiger partial charge is 0.166 e. The van der Waals surface area contributed by atoms with E-state index in [1.165, 1.54) is 0 Å². The van der Waals surface area contributed by atoms with Crippen LogP contribution in [0.4, 0.5) is 0 Å². The van der Waals surface area contributed by atoms with Crippen LogP contribution in [0.2, 0.25) is 0 Å². The maximum atomic E-state index is 11.4. The summed E-state index contributed by atoms with van der Waals surface area (Å²) in [5.41, 5.74) is 2.21. The number of rotatable bonds is 2. The van der Waals surface area contributed by atoms with E-state index in [2.05, 4.69) is 0 Å². The van der Waals surface area contributed by atoms with E-state index in [-0.39, 0.29) is 11.5 Å². The van der Waals surface area contributed by atoms with E-state index >= 15 is 0 Å². The first-order valence-corrected chi connectivity index (χ1v) is 4.39. The molecule has 70 valence electrons. The fourth-order valence-corrected chi connectivity index (χ4v) is 1.36. The van der Waals surface area contributed by atoms with Gasteiger partial charge in [-0.15, -0.1) is 0 Å². The van der Waals surface area contributed by atoms with Gasteiger partial charge in [-0.3, -0.25) is 4.79 Å². The summed E-state index contributed by atoms with van der Waals surface area (Å²) in [6.07, 6.45) is 0.427. The number of hydrogen-bond donors (Lipinski definition) is 1. The fraction of sp³-hybridized carbons (Fsp3) is 0.364. The highest BCUT2D eigenvalue weighted by molar-refractivity contribution is 5.98. The monoisotopic (exact) mass is 178 g/mol. The summed E-state index contributed by atoms with van der Waals surface area (Å²) < 4.78 is 0. The van der Waals surface area contributed by atoms with E-state index in [1.54, 1.807) is 19.9 Å². The Labute approximate surface area is 78.2 Å². The Bertz CT molecular complexity index is 340. The second-order valence-corrected chi connectivity index (χ2v) is 3.25. The van der Waals surface area contributed by atoms with E-state index < -0.39 is 0 Å². The number of phenolic OH excluding ortho intramolecular Hbond substituents is 1. The van der Waals surface area contributed by atoms with Crippen LogP contribution >= 0.6 is 0 Å². The molecule has 0 radical (unpaired) electrons. The number of Topliss-reactive ketones (excluding diaryl/α,β-unsaturated/α-hetero) is 1. The summed E-state index contributed by atoms with van der Waals surface area (Å²) >= 11 is 0. The third-order valence-corrected chi connectivity index (χ3v) is 2.07. The molecular formula is C11H14O2. The summed E-state index contributed by atoms with van der Waals surface area (Å²) in [6.45, 7) is 5.51. The molecular weight excluding hydrogens is 164 g/mol. The zero-order valence-electron chi connectivity index (χ0n) is 8.22. The summed E-state index contributed by atoms with van der Waals surface area (Å²) in [4.78, 5) is 11.4. The van der Waals surface area contributed by atoms with Gasteiger partial charge in [0.2, 0.25) is 0 Å². The van der Waals surface area contributed by atoms with Gasteiger partial charge in [0.05, 0.1) is 5.56 Å². The van der Waals surface area contributed by atoms with Crippen LogP contribution in [0.1, 0.15) is 34.8 Å². The number of hydrogen-bond acceptors (Lipinski definition) is 2. The average molecular weight is 178 g/mol. The van der Waals surface area contributed by atoms with Gasteiger partial charge >= 0.3 is 0 Å². The standard InChI is InChI=1S/C11H14O2/c1-4-10(12)9-6-7(2)5-8(3)11(9)13/h5-6,13H,4H2,1-3H3. The number of phenols is 1. The van der Waals surface area contributed by atoms with Crippen molar-refractivity contribution in [2.45, 2.75) is 27.2 Å². The van der Waals surface area contributed by atoms with E-state index in [1.807, 2.05) is 13.0 Å². The third kappa shape index (κ3) is 1.89. The minimum atomic E-state index is -0.00991. The van der Waals surface area contributed by atoms with Gasteiger partial charge in [0.1, 0.15) is 5.75 Å². The van der Waals surface area contributed by atoms with Crippen LogP contribution < -0.4 is 0 Å². The van der Waals surface area contributed by atoms with Crippen molar-refractivity contribution in [2.75, 3.05) is 0 Å². The van der Waals surface area contributed by atoms with Crippen molar-refractivity contribution in [3.63, 3.8) is 0 Å². The molecule has 0 aliphatic rings. The highest BCUT2D eigenvalue weighted by Crippen LogP contribution is 2.24. The van der Waals surface area contributed by atoms with Gasteiger partial charge in [0, 0.05) is 6.42 Å². The van der Waals surface area contributed by atoms with Crippen LogP contribution in [0.5, 0.6) is 5.75 Å². The van der Waals surface area contributed by atoms with E-state index in [0.29, 0.717) is 12.0 Å². The van der Waals surface area contributed by atoms with Crippen molar-refractivity contribution in [3.8, 4) is 5.75 Å². The lowest BCUT2D eigenvalue weighted by Crippen LogP contribution is -1.98. The highest BCUT2D eigenvalue weighted by Gasteiger charge is 2.11. The van der Waals surface area contributed by atoms with E-state index in [9.17, 15) is 9.90 Å². The predicted octanol–water partition coefficient (Wildman–Crippen LogP) is 2.60. The summed E-state index contributed by atoms with van der Waals surface area (Å²) in [5.74, 6) is 0.113. The molecule has 0 unspecified atom stereocenters. The highest BCUT2D eigenvalue weighted by atomic mass is 16.3. The number of carbonyl (C=O) groups excluding carboxylic acids is 1. The lowest BCUT2D eigenvalue weighted by atomic mass is 10.0. The van der Waals surface area contributed by atoms with Crippen LogP contribution in [0, 0.1) is 13.8 Å². The maximum Gasteiger partial charge on any atom is 0.166 e. The van der Waals surface area contributed by atoms with Gasteiger partial charge in [-0.25, -0.2) is 0 Å². The van der Waals surface area contributed by atoms with Gasteiger partial charge in [0.15, 0.2) is 5.78 Å². The Morgan fingerprint density at radius 3 is 2.54 bits per heavy atom. The zero-order valence-corrected chi connectivity index (χ0v) is 8.22. The molecule has 13 heavy (non-hydrogen) atoms. The predicted molar refractivity (Wildman–Crippen MR) is 52.2 cm³/mol. The molecule has 0 saturated heterocycles. The molecule has 1 aromatic carbocycles. The quantitative estimate of drug-likeness (QED) is 0.707. The topological polar surface area (TPSA) is 37.3 Å². The molecule has 1 N–H and O–H groups in total. The van der Waals surface area contributed by atoms with Crippen molar-refractivity contribution in [1.29, 1.82) is 0 Å². The number of aryl methyl sites for hydroxylation is 2. The Morgan fingerprint density at radius 2 is 2.00 bits per heavy atom. The first kappa shape index (κ1) is 9.78. The minimum absolute atomic E-state index is 0.00991. The Morgan fingerprint density at radius 1 is 1.38 bits per heavy atom. The van der Waals surface area contributed by atoms with Crippen molar-refractivity contribution in [3.05, 3.63) is 28.8 Å². The molecule has 0 saturated carbocycles. The molecule has 1 rings (SSSR count). The molecule has 0 fully saturated rings. The summed E-state index contributed by atoms with van der Waals surface area (Å²) in [5, 5.41) is 9.60. The molecule has 0 aliphatic carbocycles. The van der Waals surface area contributed by atoms with Gasteiger partial charge in [-0.2, -0.15) is 0 Å². The van der Waals surface area contributed by atoms with Gasteiger partial charge in [-0.05, 0) is 31.0 Å². The zero-order chi connectivity index (χ0) is 10.0. The van der Waals surface area contributed by atoms with Crippen LogP contribution in [0.25, 0.3) is 0 Å². The van der Waals surface area contributed by atoms with Crippen molar-refractivity contribution in [2.24, 2.45) is 0 Å². The Kier molecular flexibility index (Phi) is 2.71. The molecule has 0 atom stereocenters. The second kappa shape index (κ2) is 3.60. The molecule has 0 amide bonds. The largest absolute Gasteiger partial charge is 0.507 e. The molecule has 0 bridgehead atoms. The van der Waals surface area contributed by atoms with Crippen molar-refractivity contribution in [1.82, 2.24) is 0 Å². The lowest BCUT2D eigenvalue weighted by Gasteiger charge is -2.06. The SMILES string of the molecule is CCC(=O)c1cc(C)cc(C)c1O. The molecule has 1 aromatic rings. The normalized spacial score (nSPS) is 10.1. The lowest BCUT2D eigenvalue weighted by molar-refractivity contribution is 0.0985. The number of benzene rings is 1. The molecule has 2 nitrogen and oxygen atoms in total. The maximum absolute atomic E-state index is 11.4. The van der Waals surface area contributed by atoms with Crippen LogP contribution in [-0.2, 0) is 0 Å². The third-order valence-electron chi connectivity index (χ3n) is 2.07. The number of carbonyl (C=O) groups is 1. The van der Waals surface area contributed by atoms with E-state index in [0.717, 1.165) is 11.1 Å². The Hall–Kier alpha value is -1.31. The van der Waals surface area contributed by atoms with Gasteiger partial charge in [0.25, 0.3) is 0 Å². The van der Waals surface area contributed by atoms with Gasteiger partial charge < -0.3 is 5.11 Å². The molecule has 0 spiro atoms. The van der Waals surface area contributed by atoms with Crippen LogP contribution in [-0.4, -0.2) is 10.9 Å².